The Balaban J connectivity index is 2.89. The fraction of sp³-hybridized carbons (Fsp3) is 0.444. The molecule has 0 fully saturated rings. The Kier molecular flexibility index (Phi) is 2.93. The van der Waals surface area contributed by atoms with Crippen molar-refractivity contribution in [2.45, 2.75) is 17.3 Å². The number of alkyl halides is 1. The molecule has 1 aliphatic heterocycles. The van der Waals surface area contributed by atoms with Crippen molar-refractivity contribution in [1.82, 2.24) is 4.90 Å². The summed E-state index contributed by atoms with van der Waals surface area (Å²) in [6, 6.07) is 0. The molecule has 0 aromatic heterocycles. The van der Waals surface area contributed by atoms with Crippen LogP contribution in [-0.2, 0) is 0 Å². The zero-order chi connectivity index (χ0) is 9.19. The van der Waals surface area contributed by atoms with Crippen LogP contribution in [0.1, 0.15) is 13.8 Å². The van der Waals surface area contributed by atoms with E-state index in [0.29, 0.717) is 5.84 Å². The van der Waals surface area contributed by atoms with Gasteiger partial charge in [0.05, 0.1) is 3.42 Å². The summed E-state index contributed by atoms with van der Waals surface area (Å²) in [6.45, 7) is 5.02. The van der Waals surface area contributed by atoms with Gasteiger partial charge in [0.1, 0.15) is 5.84 Å². The molecule has 0 aromatic rings. The topological polar surface area (TPSA) is 27.1 Å². The minimum Gasteiger partial charge on any atom is -0.334 e. The Hall–Kier alpha value is -0.320. The van der Waals surface area contributed by atoms with E-state index in [9.17, 15) is 0 Å². The standard InChI is InChI=1S/C9H13IN2/c1-3-12-7-6-9(2,10)5-4-8(12)11/h4-7,11H,3H2,1-2H3. The second-order valence-corrected chi connectivity index (χ2v) is 5.30. The third-order valence-corrected chi connectivity index (χ3v) is 2.52. The summed E-state index contributed by atoms with van der Waals surface area (Å²) >= 11 is 2.36. The van der Waals surface area contributed by atoms with E-state index in [1.54, 1.807) is 0 Å². The average Bonchev–Trinajstić information content (AvgIpc) is 2.13. The Morgan fingerprint density at radius 2 is 2.25 bits per heavy atom. The monoisotopic (exact) mass is 276 g/mol. The minimum atomic E-state index is 0.0496. The van der Waals surface area contributed by atoms with Crippen LogP contribution in [0.4, 0.5) is 0 Å². The van der Waals surface area contributed by atoms with Gasteiger partial charge in [-0.3, -0.25) is 5.41 Å². The lowest BCUT2D eigenvalue weighted by Gasteiger charge is -2.15. The van der Waals surface area contributed by atoms with Crippen LogP contribution in [0.5, 0.6) is 0 Å². The third kappa shape index (κ3) is 2.33. The van der Waals surface area contributed by atoms with Crippen LogP contribution in [0.25, 0.3) is 0 Å². The van der Waals surface area contributed by atoms with Crippen molar-refractivity contribution in [3.05, 3.63) is 24.4 Å². The van der Waals surface area contributed by atoms with Gasteiger partial charge in [-0.05, 0) is 26.0 Å². The van der Waals surface area contributed by atoms with E-state index in [-0.39, 0.29) is 3.42 Å². The number of halogens is 1. The van der Waals surface area contributed by atoms with Gasteiger partial charge in [0.15, 0.2) is 0 Å². The molecule has 0 bridgehead atoms. The van der Waals surface area contributed by atoms with Crippen molar-refractivity contribution in [2.75, 3.05) is 6.54 Å². The lowest BCUT2D eigenvalue weighted by atomic mass is 10.2. The Labute approximate surface area is 87.0 Å². The number of amidine groups is 1. The first-order valence-corrected chi connectivity index (χ1v) is 5.06. The van der Waals surface area contributed by atoms with Crippen LogP contribution in [0.3, 0.4) is 0 Å². The summed E-state index contributed by atoms with van der Waals surface area (Å²) in [6.07, 6.45) is 7.99. The third-order valence-electron chi connectivity index (χ3n) is 1.80. The summed E-state index contributed by atoms with van der Waals surface area (Å²) in [7, 11) is 0. The molecule has 1 N–H and O–H groups in total. The summed E-state index contributed by atoms with van der Waals surface area (Å²) in [5.74, 6) is 0.564. The molecule has 0 radical (unpaired) electrons. The smallest absolute Gasteiger partial charge is 0.124 e. The highest BCUT2D eigenvalue weighted by Gasteiger charge is 2.15. The molecule has 66 valence electrons. The first-order valence-electron chi connectivity index (χ1n) is 3.98. The fourth-order valence-electron chi connectivity index (χ4n) is 0.985. The van der Waals surface area contributed by atoms with Crippen molar-refractivity contribution in [3.8, 4) is 0 Å². The highest BCUT2D eigenvalue weighted by atomic mass is 127. The number of likely N-dealkylation sites (N-methyl/N-ethyl adjacent to an activating group) is 1. The van der Waals surface area contributed by atoms with Crippen LogP contribution in [-0.4, -0.2) is 20.7 Å². The van der Waals surface area contributed by atoms with Crippen LogP contribution in [0.15, 0.2) is 24.4 Å². The number of nitrogens with one attached hydrogen (secondary N) is 1. The van der Waals surface area contributed by atoms with Crippen molar-refractivity contribution >= 4 is 28.4 Å². The zero-order valence-electron chi connectivity index (χ0n) is 7.34. The van der Waals surface area contributed by atoms with E-state index in [2.05, 4.69) is 35.6 Å². The molecule has 1 rings (SSSR count). The molecule has 0 spiro atoms. The molecule has 0 aliphatic carbocycles. The van der Waals surface area contributed by atoms with E-state index < -0.39 is 0 Å². The second-order valence-electron chi connectivity index (χ2n) is 2.97. The maximum absolute atomic E-state index is 7.65. The Bertz CT molecular complexity index is 241. The molecule has 0 saturated carbocycles. The van der Waals surface area contributed by atoms with Gasteiger partial charge in [-0.1, -0.05) is 28.7 Å². The molecule has 0 saturated heterocycles. The van der Waals surface area contributed by atoms with Crippen molar-refractivity contribution < 1.29 is 0 Å². The SMILES string of the molecule is CCN1C=CC(C)(I)C=CC1=N. The first kappa shape index (κ1) is 9.77. The van der Waals surface area contributed by atoms with Gasteiger partial charge < -0.3 is 4.90 Å². The molecule has 0 amide bonds. The van der Waals surface area contributed by atoms with Crippen LogP contribution in [0.2, 0.25) is 0 Å². The minimum absolute atomic E-state index is 0.0496. The predicted octanol–water partition coefficient (Wildman–Crippen LogP) is 2.56. The normalized spacial score (nSPS) is 29.2. The number of hydrogen-bond donors (Lipinski definition) is 1. The molecular formula is C9H13IN2. The molecule has 1 unspecified atom stereocenters. The molecule has 0 aromatic carbocycles. The molecule has 2 nitrogen and oxygen atoms in total. The quantitative estimate of drug-likeness (QED) is 0.578. The molecular weight excluding hydrogens is 263 g/mol. The van der Waals surface area contributed by atoms with Crippen LogP contribution < -0.4 is 0 Å². The van der Waals surface area contributed by atoms with E-state index in [0.717, 1.165) is 6.54 Å². The van der Waals surface area contributed by atoms with Crippen LogP contribution in [0, 0.1) is 5.41 Å². The second kappa shape index (κ2) is 3.60. The lowest BCUT2D eigenvalue weighted by Crippen LogP contribution is -2.21. The summed E-state index contributed by atoms with van der Waals surface area (Å²) in [5, 5.41) is 7.65. The number of nitrogens with zero attached hydrogens (tertiary/aromatic N) is 1. The molecule has 1 heterocycles. The number of hydrogen-bond acceptors (Lipinski definition) is 1. The van der Waals surface area contributed by atoms with E-state index in [4.69, 9.17) is 5.41 Å². The van der Waals surface area contributed by atoms with E-state index in [1.807, 2.05) is 30.2 Å². The maximum atomic E-state index is 7.65. The average molecular weight is 276 g/mol. The van der Waals surface area contributed by atoms with Gasteiger partial charge in [0.25, 0.3) is 0 Å². The molecule has 1 atom stereocenters. The van der Waals surface area contributed by atoms with Gasteiger partial charge in [-0.15, -0.1) is 0 Å². The maximum Gasteiger partial charge on any atom is 0.124 e. The van der Waals surface area contributed by atoms with Gasteiger partial charge in [-0.2, -0.15) is 0 Å². The van der Waals surface area contributed by atoms with Crippen LogP contribution >= 0.6 is 22.6 Å². The number of allylic oxidation sites excluding steroid dienone is 2. The van der Waals surface area contributed by atoms with Crippen molar-refractivity contribution in [1.29, 1.82) is 5.41 Å². The van der Waals surface area contributed by atoms with Gasteiger partial charge in [0.2, 0.25) is 0 Å². The van der Waals surface area contributed by atoms with Gasteiger partial charge >= 0.3 is 0 Å². The summed E-state index contributed by atoms with van der Waals surface area (Å²) in [5.41, 5.74) is 0. The highest BCUT2D eigenvalue weighted by molar-refractivity contribution is 14.1. The Morgan fingerprint density at radius 1 is 1.58 bits per heavy atom. The molecule has 1 aliphatic rings. The zero-order valence-corrected chi connectivity index (χ0v) is 9.50. The highest BCUT2D eigenvalue weighted by Crippen LogP contribution is 2.23. The molecule has 3 heteroatoms. The Morgan fingerprint density at radius 3 is 2.83 bits per heavy atom. The first-order chi connectivity index (χ1) is 5.55. The fourth-order valence-corrected chi connectivity index (χ4v) is 1.33. The largest absolute Gasteiger partial charge is 0.334 e. The van der Waals surface area contributed by atoms with E-state index >= 15 is 0 Å². The lowest BCUT2D eigenvalue weighted by molar-refractivity contribution is 0.588. The number of rotatable bonds is 1. The van der Waals surface area contributed by atoms with Gasteiger partial charge in [0, 0.05) is 12.7 Å². The predicted molar refractivity (Wildman–Crippen MR) is 60.8 cm³/mol. The van der Waals surface area contributed by atoms with Crippen molar-refractivity contribution in [3.63, 3.8) is 0 Å². The summed E-state index contributed by atoms with van der Waals surface area (Å²) < 4.78 is 0.0496. The van der Waals surface area contributed by atoms with Crippen molar-refractivity contribution in [2.24, 2.45) is 0 Å². The van der Waals surface area contributed by atoms with Gasteiger partial charge in [-0.25, -0.2) is 0 Å². The summed E-state index contributed by atoms with van der Waals surface area (Å²) in [4.78, 5) is 1.92. The molecule has 12 heavy (non-hydrogen) atoms. The van der Waals surface area contributed by atoms with E-state index in [1.165, 1.54) is 0 Å².